The lowest BCUT2D eigenvalue weighted by molar-refractivity contribution is 0.0730. The van der Waals surface area contributed by atoms with Crippen LogP contribution in [0.2, 0.25) is 5.02 Å². The number of carbonyl (C=O) groups is 1. The predicted octanol–water partition coefficient (Wildman–Crippen LogP) is 2.60. The van der Waals surface area contributed by atoms with Crippen molar-refractivity contribution in [2.75, 3.05) is 7.05 Å². The van der Waals surface area contributed by atoms with Gasteiger partial charge in [0.05, 0.1) is 6.04 Å². The van der Waals surface area contributed by atoms with Gasteiger partial charge in [-0.15, -0.1) is 5.10 Å². The number of H-pyrrole nitrogens is 1. The Labute approximate surface area is 116 Å². The van der Waals surface area contributed by atoms with Gasteiger partial charge in [0.1, 0.15) is 5.82 Å². The molecule has 0 radical (unpaired) electrons. The van der Waals surface area contributed by atoms with E-state index in [-0.39, 0.29) is 17.8 Å². The van der Waals surface area contributed by atoms with Crippen LogP contribution in [0.5, 0.6) is 0 Å². The molecule has 0 aliphatic rings. The summed E-state index contributed by atoms with van der Waals surface area (Å²) >= 11 is 6.14. The molecule has 1 unspecified atom stereocenters. The van der Waals surface area contributed by atoms with Gasteiger partial charge in [-0.25, -0.2) is 4.98 Å². The van der Waals surface area contributed by atoms with Crippen molar-refractivity contribution in [2.45, 2.75) is 19.9 Å². The van der Waals surface area contributed by atoms with Gasteiger partial charge in [-0.05, 0) is 25.5 Å². The number of halogens is 1. The lowest BCUT2D eigenvalue weighted by Crippen LogP contribution is -2.30. The fraction of sp³-hybridized carbons (Fsp3) is 0.308. The molecule has 0 aliphatic carbocycles. The molecule has 0 fully saturated rings. The van der Waals surface area contributed by atoms with Gasteiger partial charge in [-0.3, -0.25) is 9.89 Å². The average Bonchev–Trinajstić information content (AvgIpc) is 2.83. The highest BCUT2D eigenvalue weighted by Gasteiger charge is 2.23. The number of carbonyl (C=O) groups excluding carboxylic acids is 1. The first-order valence-corrected chi connectivity index (χ1v) is 6.29. The van der Waals surface area contributed by atoms with Crippen LogP contribution in [0.4, 0.5) is 0 Å². The summed E-state index contributed by atoms with van der Waals surface area (Å²) in [6.45, 7) is 3.67. The van der Waals surface area contributed by atoms with Crippen LogP contribution in [0.3, 0.4) is 0 Å². The predicted molar refractivity (Wildman–Crippen MR) is 73.1 cm³/mol. The second kappa shape index (κ2) is 5.40. The average molecular weight is 279 g/mol. The van der Waals surface area contributed by atoms with Crippen molar-refractivity contribution >= 4 is 17.5 Å². The molecule has 1 heterocycles. The van der Waals surface area contributed by atoms with Crippen LogP contribution in [0, 0.1) is 6.92 Å². The Morgan fingerprint density at radius 2 is 2.11 bits per heavy atom. The summed E-state index contributed by atoms with van der Waals surface area (Å²) in [6, 6.07) is 7.31. The Bertz CT molecular complexity index is 596. The summed E-state index contributed by atoms with van der Waals surface area (Å²) in [5.41, 5.74) is 0.896. The molecule has 0 spiro atoms. The number of hydrogen-bond acceptors (Lipinski definition) is 3. The Balaban J connectivity index is 2.22. The van der Waals surface area contributed by atoms with E-state index in [0.29, 0.717) is 10.8 Å². The molecular formula is C13H15ClN4O. The number of aryl methyl sites for hydroxylation is 1. The zero-order chi connectivity index (χ0) is 14.0. The van der Waals surface area contributed by atoms with E-state index < -0.39 is 0 Å². The normalized spacial score (nSPS) is 12.2. The van der Waals surface area contributed by atoms with E-state index in [1.807, 2.05) is 31.2 Å². The molecule has 0 saturated carbocycles. The third-order valence-electron chi connectivity index (χ3n) is 3.05. The maximum absolute atomic E-state index is 12.2. The number of aromatic amines is 1. The standard InChI is InChI=1S/C13H15ClN4O/c1-8(10-6-4-5-7-11(10)14)18(3)13(19)12-15-9(2)16-17-12/h4-8H,1-3H3,(H,15,16,17). The minimum Gasteiger partial charge on any atom is -0.332 e. The van der Waals surface area contributed by atoms with Gasteiger partial charge in [0.25, 0.3) is 5.91 Å². The molecule has 1 atom stereocenters. The van der Waals surface area contributed by atoms with Crippen LogP contribution >= 0.6 is 11.6 Å². The number of hydrogen-bond donors (Lipinski definition) is 1. The van der Waals surface area contributed by atoms with Crippen molar-refractivity contribution in [3.8, 4) is 0 Å². The Hall–Kier alpha value is -1.88. The number of amides is 1. The highest BCUT2D eigenvalue weighted by atomic mass is 35.5. The van der Waals surface area contributed by atoms with E-state index in [9.17, 15) is 4.79 Å². The van der Waals surface area contributed by atoms with Crippen LogP contribution in [0.1, 0.15) is 35.0 Å². The molecule has 1 amide bonds. The van der Waals surface area contributed by atoms with Crippen LogP contribution < -0.4 is 0 Å². The van der Waals surface area contributed by atoms with E-state index in [4.69, 9.17) is 11.6 Å². The van der Waals surface area contributed by atoms with Crippen molar-refractivity contribution in [1.29, 1.82) is 0 Å². The Morgan fingerprint density at radius 3 is 2.68 bits per heavy atom. The SMILES string of the molecule is Cc1nc(C(=O)N(C)C(C)c2ccccc2Cl)n[nH]1. The molecule has 0 aliphatic heterocycles. The van der Waals surface area contributed by atoms with Gasteiger partial charge in [0.15, 0.2) is 0 Å². The molecule has 1 aromatic carbocycles. The van der Waals surface area contributed by atoms with Crippen molar-refractivity contribution in [3.63, 3.8) is 0 Å². The fourth-order valence-corrected chi connectivity index (χ4v) is 2.09. The lowest BCUT2D eigenvalue weighted by atomic mass is 10.1. The molecular weight excluding hydrogens is 264 g/mol. The fourth-order valence-electron chi connectivity index (χ4n) is 1.79. The minimum absolute atomic E-state index is 0.153. The van der Waals surface area contributed by atoms with Crippen LogP contribution in [-0.4, -0.2) is 33.0 Å². The van der Waals surface area contributed by atoms with Gasteiger partial charge in [0.2, 0.25) is 5.82 Å². The van der Waals surface area contributed by atoms with Gasteiger partial charge in [-0.1, -0.05) is 29.8 Å². The third kappa shape index (κ3) is 2.76. The molecule has 1 aromatic heterocycles. The number of nitrogens with zero attached hydrogens (tertiary/aromatic N) is 3. The molecule has 0 saturated heterocycles. The maximum atomic E-state index is 12.2. The minimum atomic E-state index is -0.239. The summed E-state index contributed by atoms with van der Waals surface area (Å²) in [5.74, 6) is 0.540. The Kier molecular flexibility index (Phi) is 3.85. The monoisotopic (exact) mass is 278 g/mol. The van der Waals surface area contributed by atoms with Gasteiger partial charge >= 0.3 is 0 Å². The van der Waals surface area contributed by atoms with E-state index in [2.05, 4.69) is 15.2 Å². The molecule has 19 heavy (non-hydrogen) atoms. The van der Waals surface area contributed by atoms with E-state index in [1.54, 1.807) is 18.9 Å². The van der Waals surface area contributed by atoms with E-state index >= 15 is 0 Å². The molecule has 100 valence electrons. The lowest BCUT2D eigenvalue weighted by Gasteiger charge is -2.24. The highest BCUT2D eigenvalue weighted by molar-refractivity contribution is 6.31. The maximum Gasteiger partial charge on any atom is 0.293 e. The third-order valence-corrected chi connectivity index (χ3v) is 3.39. The summed E-state index contributed by atoms with van der Waals surface area (Å²) in [5, 5.41) is 7.17. The van der Waals surface area contributed by atoms with Crippen LogP contribution in [-0.2, 0) is 0 Å². The summed E-state index contributed by atoms with van der Waals surface area (Å²) in [4.78, 5) is 17.8. The quantitative estimate of drug-likeness (QED) is 0.939. The number of nitrogens with one attached hydrogen (secondary N) is 1. The van der Waals surface area contributed by atoms with Gasteiger partial charge in [0, 0.05) is 12.1 Å². The van der Waals surface area contributed by atoms with E-state index in [0.717, 1.165) is 5.56 Å². The first kappa shape index (κ1) is 13.5. The summed E-state index contributed by atoms with van der Waals surface area (Å²) < 4.78 is 0. The number of benzene rings is 1. The second-order valence-electron chi connectivity index (χ2n) is 4.36. The summed E-state index contributed by atoms with van der Waals surface area (Å²) in [7, 11) is 1.71. The smallest absolute Gasteiger partial charge is 0.293 e. The van der Waals surface area contributed by atoms with Crippen molar-refractivity contribution < 1.29 is 4.79 Å². The van der Waals surface area contributed by atoms with Crippen LogP contribution in [0.15, 0.2) is 24.3 Å². The van der Waals surface area contributed by atoms with Gasteiger partial charge < -0.3 is 4.90 Å². The largest absolute Gasteiger partial charge is 0.332 e. The van der Waals surface area contributed by atoms with Crippen molar-refractivity contribution in [1.82, 2.24) is 20.1 Å². The molecule has 2 aromatic rings. The number of aromatic nitrogens is 3. The molecule has 2 rings (SSSR count). The molecule has 5 nitrogen and oxygen atoms in total. The van der Waals surface area contributed by atoms with Crippen molar-refractivity contribution in [2.24, 2.45) is 0 Å². The molecule has 0 bridgehead atoms. The van der Waals surface area contributed by atoms with Gasteiger partial charge in [-0.2, -0.15) is 0 Å². The summed E-state index contributed by atoms with van der Waals surface area (Å²) in [6.07, 6.45) is 0. The zero-order valence-corrected chi connectivity index (χ0v) is 11.8. The first-order chi connectivity index (χ1) is 9.00. The highest BCUT2D eigenvalue weighted by Crippen LogP contribution is 2.26. The second-order valence-corrected chi connectivity index (χ2v) is 4.77. The number of rotatable bonds is 3. The first-order valence-electron chi connectivity index (χ1n) is 5.91. The topological polar surface area (TPSA) is 61.9 Å². The van der Waals surface area contributed by atoms with Crippen molar-refractivity contribution in [3.05, 3.63) is 46.5 Å². The molecule has 6 heteroatoms. The van der Waals surface area contributed by atoms with Crippen LogP contribution in [0.25, 0.3) is 0 Å². The Morgan fingerprint density at radius 1 is 1.42 bits per heavy atom. The zero-order valence-electron chi connectivity index (χ0n) is 11.0. The molecule has 1 N–H and O–H groups in total. The van der Waals surface area contributed by atoms with E-state index in [1.165, 1.54) is 0 Å².